The third-order valence-electron chi connectivity index (χ3n) is 12.3. The monoisotopic (exact) mass is 804 g/mol. The average molecular weight is 805 g/mol. The third-order valence-corrected chi connectivity index (χ3v) is 27.5. The van der Waals surface area contributed by atoms with Crippen LogP contribution in [0.1, 0.15) is 73.6 Å². The van der Waals surface area contributed by atoms with Crippen LogP contribution in [0.2, 0.25) is 0 Å². The minimum absolute atomic E-state index is 0.711. The maximum atomic E-state index is 7.69. The molecule has 2 spiro atoms. The second-order valence-corrected chi connectivity index (χ2v) is 26.8. The summed E-state index contributed by atoms with van der Waals surface area (Å²) in [6.45, 7) is 10.7. The molecule has 54 heavy (non-hydrogen) atoms. The van der Waals surface area contributed by atoms with Crippen LogP contribution in [0.3, 0.4) is 0 Å². The van der Waals surface area contributed by atoms with Gasteiger partial charge in [0.05, 0.1) is 0 Å². The van der Waals surface area contributed by atoms with E-state index in [2.05, 4.69) is 101 Å². The first kappa shape index (κ1) is 35.1. The summed E-state index contributed by atoms with van der Waals surface area (Å²) in [6, 6.07) is 26.5. The second-order valence-electron chi connectivity index (χ2n) is 16.0. The van der Waals surface area contributed by atoms with E-state index < -0.39 is 30.2 Å². The van der Waals surface area contributed by atoms with Crippen molar-refractivity contribution in [3.05, 3.63) is 95.1 Å². The van der Waals surface area contributed by atoms with Gasteiger partial charge in [0, 0.05) is 89.7 Å². The fraction of sp³-hybridized carbons (Fsp3) is 0.526. The van der Waals surface area contributed by atoms with Crippen LogP contribution in [0.15, 0.2) is 90.9 Å². The van der Waals surface area contributed by atoms with Crippen LogP contribution in [-0.4, -0.2) is 80.4 Å². The van der Waals surface area contributed by atoms with Crippen molar-refractivity contribution in [3.63, 3.8) is 0 Å². The zero-order chi connectivity index (χ0) is 35.8. The lowest BCUT2D eigenvalue weighted by molar-refractivity contribution is 0.352. The third kappa shape index (κ3) is 5.77. The number of fused-ring (bicyclic) bond motifs is 4. The van der Waals surface area contributed by atoms with Gasteiger partial charge in [0.15, 0.2) is 0 Å². The summed E-state index contributed by atoms with van der Waals surface area (Å²) in [5, 5.41) is 0. The molecule has 12 nitrogen and oxygen atoms in total. The van der Waals surface area contributed by atoms with Gasteiger partial charge in [-0.25, -0.2) is 28.0 Å². The molecular weight excluding hydrogens is 752 g/mol. The second kappa shape index (κ2) is 13.8. The highest BCUT2D eigenvalue weighted by molar-refractivity contribution is 7.82. The first-order chi connectivity index (χ1) is 26.5. The molecule has 3 aromatic carbocycles. The molecule has 286 valence electrons. The average Bonchev–Trinajstić information content (AvgIpc) is 4.03. The van der Waals surface area contributed by atoms with Crippen molar-refractivity contribution in [2.24, 2.45) is 18.1 Å². The number of rotatable bonds is 4. The van der Waals surface area contributed by atoms with Crippen LogP contribution in [0.5, 0.6) is 11.5 Å². The molecule has 4 bridgehead atoms. The van der Waals surface area contributed by atoms with E-state index in [0.717, 1.165) is 128 Å². The Morgan fingerprint density at radius 2 is 0.759 bits per heavy atom. The summed E-state index contributed by atoms with van der Waals surface area (Å²) < 4.78 is 57.1. The van der Waals surface area contributed by atoms with Gasteiger partial charge in [0.2, 0.25) is 15.0 Å². The first-order valence-corrected chi connectivity index (χ1v) is 26.6. The topological polar surface area (TPSA) is 87.3 Å². The molecule has 4 saturated heterocycles. The van der Waals surface area contributed by atoms with Gasteiger partial charge in [0.25, 0.3) is 0 Å². The molecule has 4 fully saturated rings. The molecule has 0 saturated carbocycles. The van der Waals surface area contributed by atoms with Crippen molar-refractivity contribution in [2.75, 3.05) is 52.4 Å². The van der Waals surface area contributed by atoms with Gasteiger partial charge in [-0.1, -0.05) is 60.7 Å². The fourth-order valence-corrected chi connectivity index (χ4v) is 29.0. The lowest BCUT2D eigenvalue weighted by Crippen LogP contribution is -2.34. The van der Waals surface area contributed by atoms with Crippen molar-refractivity contribution in [2.45, 2.75) is 77.5 Å². The Hall–Kier alpha value is -2.06. The lowest BCUT2D eigenvalue weighted by Gasteiger charge is -2.49. The maximum absolute atomic E-state index is 7.69. The first-order valence-electron chi connectivity index (χ1n) is 20.3. The molecule has 0 aromatic heterocycles. The van der Waals surface area contributed by atoms with Crippen molar-refractivity contribution < 1.29 is 9.05 Å². The van der Waals surface area contributed by atoms with E-state index in [4.69, 9.17) is 27.1 Å². The summed E-state index contributed by atoms with van der Waals surface area (Å²) in [6.07, 6.45) is 9.19. The van der Waals surface area contributed by atoms with Crippen molar-refractivity contribution in [1.29, 1.82) is 0 Å². The minimum atomic E-state index is -3.18. The molecule has 9 aliphatic rings. The van der Waals surface area contributed by atoms with Gasteiger partial charge >= 0.3 is 15.2 Å². The van der Waals surface area contributed by atoms with Crippen molar-refractivity contribution >= 4 is 30.2 Å². The Labute approximate surface area is 320 Å². The lowest BCUT2D eigenvalue weighted by atomic mass is 10.1. The molecule has 2 unspecified atom stereocenters. The highest BCUT2D eigenvalue weighted by Crippen LogP contribution is 2.85. The maximum Gasteiger partial charge on any atom is 0.334 e. The fourth-order valence-electron chi connectivity index (χ4n) is 9.63. The smallest absolute Gasteiger partial charge is 0.334 e. The van der Waals surface area contributed by atoms with E-state index in [1.807, 2.05) is 0 Å². The summed E-state index contributed by atoms with van der Waals surface area (Å²) in [4.78, 5) is 0. The van der Waals surface area contributed by atoms with Crippen LogP contribution in [0.4, 0.5) is 0 Å². The van der Waals surface area contributed by atoms with E-state index in [1.54, 1.807) is 0 Å². The molecule has 2 atom stereocenters. The van der Waals surface area contributed by atoms with E-state index in [1.165, 1.54) is 22.3 Å². The molecule has 0 N–H and O–H groups in total. The summed E-state index contributed by atoms with van der Waals surface area (Å²) in [5.41, 5.74) is 4.96. The Bertz CT molecular complexity index is 2000. The number of nitrogens with zero attached hydrogens (tertiary/aromatic N) is 10. The number of para-hydroxylation sites is 2. The predicted molar refractivity (Wildman–Crippen MR) is 220 cm³/mol. The highest BCUT2D eigenvalue weighted by Gasteiger charge is 2.54. The van der Waals surface area contributed by atoms with Crippen LogP contribution in [-0.2, 0) is 26.2 Å². The van der Waals surface area contributed by atoms with E-state index >= 15 is 0 Å². The van der Waals surface area contributed by atoms with Crippen LogP contribution in [0.25, 0.3) is 0 Å². The number of benzene rings is 3. The van der Waals surface area contributed by atoms with Crippen LogP contribution < -0.4 is 9.05 Å². The highest BCUT2D eigenvalue weighted by atomic mass is 31.3. The molecule has 9 aliphatic heterocycles. The summed E-state index contributed by atoms with van der Waals surface area (Å²) >= 11 is 0. The molecule has 9 heterocycles. The molecule has 3 aromatic rings. The number of hydrogen-bond donors (Lipinski definition) is 0. The number of hydrogen-bond acceptors (Lipinski definition) is 12. The quantitative estimate of drug-likeness (QED) is 0.241. The van der Waals surface area contributed by atoms with Crippen LogP contribution in [0, 0.1) is 0 Å². The molecule has 0 radical (unpaired) electrons. The zero-order valence-electron chi connectivity index (χ0n) is 31.1. The van der Waals surface area contributed by atoms with E-state index in [-0.39, 0.29) is 0 Å². The Morgan fingerprint density at radius 1 is 0.389 bits per heavy atom. The van der Waals surface area contributed by atoms with Gasteiger partial charge < -0.3 is 9.05 Å². The normalized spacial score (nSPS) is 31.1. The Balaban J connectivity index is 1.33. The molecule has 12 rings (SSSR count). The molecule has 0 amide bonds. The van der Waals surface area contributed by atoms with E-state index in [0.29, 0.717) is 13.1 Å². The van der Waals surface area contributed by atoms with Crippen molar-refractivity contribution in [3.8, 4) is 11.5 Å². The van der Waals surface area contributed by atoms with Gasteiger partial charge in [-0.15, -0.1) is 0 Å². The van der Waals surface area contributed by atoms with Gasteiger partial charge in [-0.2, -0.15) is 18.1 Å². The zero-order valence-corrected chi connectivity index (χ0v) is 34.7. The Kier molecular flexibility index (Phi) is 8.98. The molecular formula is C38H52N10O2P4. The molecule has 16 heteroatoms. The molecule has 0 aliphatic carbocycles. The predicted octanol–water partition coefficient (Wildman–Crippen LogP) is 10.7. The standard InChI is InChI=1S/C38H52N10O2P4/c1-3-18-37-35(16-1)31-47-29-33-14-13-15-34(28-33)30-48-32-36-17-2-4-19-38(36)50-54(48)41-51(43-20-5-6-21-43,44-22-7-8-23-44)39-53(47,49-37)40-52(42-54,45-24-9-10-25-45)46-26-11-12-27-46/h1-4,13-19,28H,5-12,20-27,29-32H2. The Morgan fingerprint density at radius 3 is 1.15 bits per heavy atom. The van der Waals surface area contributed by atoms with Gasteiger partial charge in [0.1, 0.15) is 11.5 Å². The van der Waals surface area contributed by atoms with Crippen LogP contribution >= 0.6 is 30.2 Å². The van der Waals surface area contributed by atoms with Crippen molar-refractivity contribution in [1.82, 2.24) is 28.0 Å². The summed E-state index contributed by atoms with van der Waals surface area (Å²) in [7, 11) is -12.1. The summed E-state index contributed by atoms with van der Waals surface area (Å²) in [5.74, 6) is 1.85. The van der Waals surface area contributed by atoms with Gasteiger partial charge in [-0.05, 0) is 74.6 Å². The van der Waals surface area contributed by atoms with Gasteiger partial charge in [-0.3, -0.25) is 0 Å². The van der Waals surface area contributed by atoms with E-state index in [9.17, 15) is 0 Å². The SMILES string of the molecule is c1cc2cc(c1)CN1Cc3ccccc3OP13=NP(N1CCCC1)(N1CCCC1)=NP1(=NP(N4CCCC4)(N4CCCC4)=N3)Oc3ccccc3CN1C2. The largest absolute Gasteiger partial charge is 0.430 e. The minimum Gasteiger partial charge on any atom is -0.430 e.